The fourth-order valence-electron chi connectivity index (χ4n) is 1.17. The molecule has 0 fully saturated rings. The Morgan fingerprint density at radius 1 is 1.56 bits per heavy atom. The first kappa shape index (κ1) is 12.1. The summed E-state index contributed by atoms with van der Waals surface area (Å²) in [4.78, 5) is 20.1. The summed E-state index contributed by atoms with van der Waals surface area (Å²) in [5.74, 6) is -1.29. The summed E-state index contributed by atoms with van der Waals surface area (Å²) in [6.07, 6.45) is 0.320. The Bertz CT molecular complexity index is 419. The zero-order chi connectivity index (χ0) is 12.1. The SMILES string of the molecule is CC(=O)OCCc1ccc(F)c([N+](=O)[O-])c1. The highest BCUT2D eigenvalue weighted by Gasteiger charge is 2.14. The minimum absolute atomic E-state index is 0.123. The van der Waals surface area contributed by atoms with E-state index in [2.05, 4.69) is 4.74 Å². The summed E-state index contributed by atoms with van der Waals surface area (Å²) < 4.78 is 17.6. The van der Waals surface area contributed by atoms with Crippen LogP contribution in [0.3, 0.4) is 0 Å². The second-order valence-corrected chi connectivity index (χ2v) is 3.13. The molecule has 1 aromatic carbocycles. The van der Waals surface area contributed by atoms with Crippen LogP contribution in [0.5, 0.6) is 0 Å². The van der Waals surface area contributed by atoms with Crippen LogP contribution in [-0.4, -0.2) is 17.5 Å². The van der Waals surface area contributed by atoms with E-state index in [9.17, 15) is 19.3 Å². The van der Waals surface area contributed by atoms with Crippen molar-refractivity contribution in [1.29, 1.82) is 0 Å². The monoisotopic (exact) mass is 227 g/mol. The lowest BCUT2D eigenvalue weighted by molar-refractivity contribution is -0.387. The Morgan fingerprint density at radius 3 is 2.81 bits per heavy atom. The number of halogens is 1. The van der Waals surface area contributed by atoms with Crippen LogP contribution in [0.15, 0.2) is 18.2 Å². The molecule has 0 aliphatic heterocycles. The van der Waals surface area contributed by atoms with Crippen molar-refractivity contribution in [3.63, 3.8) is 0 Å². The summed E-state index contributed by atoms with van der Waals surface area (Å²) in [6.45, 7) is 1.39. The van der Waals surface area contributed by atoms with Crippen LogP contribution in [0.2, 0.25) is 0 Å². The number of carbonyl (C=O) groups excluding carboxylic acids is 1. The van der Waals surface area contributed by atoms with Gasteiger partial charge in [0.25, 0.3) is 0 Å². The number of nitrogens with zero attached hydrogens (tertiary/aromatic N) is 1. The minimum Gasteiger partial charge on any atom is -0.466 e. The minimum atomic E-state index is -0.874. The maximum Gasteiger partial charge on any atom is 0.305 e. The predicted molar refractivity (Wildman–Crippen MR) is 53.4 cm³/mol. The van der Waals surface area contributed by atoms with E-state index in [4.69, 9.17) is 0 Å². The number of benzene rings is 1. The van der Waals surface area contributed by atoms with Crippen LogP contribution in [0, 0.1) is 15.9 Å². The van der Waals surface area contributed by atoms with Crippen molar-refractivity contribution in [2.45, 2.75) is 13.3 Å². The van der Waals surface area contributed by atoms with Gasteiger partial charge in [0.1, 0.15) is 0 Å². The Kier molecular flexibility index (Phi) is 3.93. The molecule has 0 unspecified atom stereocenters. The van der Waals surface area contributed by atoms with E-state index in [0.29, 0.717) is 12.0 Å². The summed E-state index contributed by atoms with van der Waals surface area (Å²) in [6, 6.07) is 3.59. The van der Waals surface area contributed by atoms with Crippen molar-refractivity contribution in [3.8, 4) is 0 Å². The van der Waals surface area contributed by atoms with E-state index in [-0.39, 0.29) is 6.61 Å². The van der Waals surface area contributed by atoms with Gasteiger partial charge in [0.05, 0.1) is 11.5 Å². The highest BCUT2D eigenvalue weighted by Crippen LogP contribution is 2.18. The Balaban J connectivity index is 2.71. The van der Waals surface area contributed by atoms with Gasteiger partial charge < -0.3 is 4.74 Å². The fraction of sp³-hybridized carbons (Fsp3) is 0.300. The number of esters is 1. The predicted octanol–water partition coefficient (Wildman–Crippen LogP) is 1.84. The third-order valence-corrected chi connectivity index (χ3v) is 1.90. The number of ether oxygens (including phenoxy) is 1. The summed E-state index contributed by atoms with van der Waals surface area (Å²) in [5, 5.41) is 10.4. The van der Waals surface area contributed by atoms with Crippen molar-refractivity contribution in [3.05, 3.63) is 39.7 Å². The molecule has 0 atom stereocenters. The van der Waals surface area contributed by atoms with Gasteiger partial charge in [-0.25, -0.2) is 0 Å². The molecule has 1 rings (SSSR count). The number of nitro groups is 1. The molecule has 0 N–H and O–H groups in total. The van der Waals surface area contributed by atoms with Crippen molar-refractivity contribution in [2.75, 3.05) is 6.61 Å². The molecule has 0 aromatic heterocycles. The molecular weight excluding hydrogens is 217 g/mol. The van der Waals surface area contributed by atoms with Gasteiger partial charge in [0.15, 0.2) is 0 Å². The van der Waals surface area contributed by atoms with E-state index >= 15 is 0 Å². The molecule has 1 aromatic rings. The number of nitro benzene ring substituents is 1. The largest absolute Gasteiger partial charge is 0.466 e. The van der Waals surface area contributed by atoms with Gasteiger partial charge in [-0.15, -0.1) is 0 Å². The van der Waals surface area contributed by atoms with E-state index in [1.165, 1.54) is 13.0 Å². The quantitative estimate of drug-likeness (QED) is 0.447. The lowest BCUT2D eigenvalue weighted by atomic mass is 10.1. The molecule has 0 bridgehead atoms. The molecule has 0 saturated heterocycles. The van der Waals surface area contributed by atoms with Gasteiger partial charge in [0.2, 0.25) is 5.82 Å². The first-order chi connectivity index (χ1) is 7.50. The highest BCUT2D eigenvalue weighted by molar-refractivity contribution is 5.65. The van der Waals surface area contributed by atoms with Crippen LogP contribution in [0.4, 0.5) is 10.1 Å². The lowest BCUT2D eigenvalue weighted by Crippen LogP contribution is -2.04. The number of hydrogen-bond donors (Lipinski definition) is 0. The van der Waals surface area contributed by atoms with Gasteiger partial charge in [-0.05, 0) is 11.6 Å². The molecular formula is C10H10FNO4. The number of rotatable bonds is 4. The second kappa shape index (κ2) is 5.20. The first-order valence-electron chi connectivity index (χ1n) is 4.57. The Labute approximate surface area is 91.0 Å². The molecule has 6 heteroatoms. The third-order valence-electron chi connectivity index (χ3n) is 1.90. The van der Waals surface area contributed by atoms with Gasteiger partial charge in [0, 0.05) is 19.4 Å². The molecule has 0 amide bonds. The van der Waals surface area contributed by atoms with Crippen LogP contribution in [-0.2, 0) is 16.0 Å². The summed E-state index contributed by atoms with van der Waals surface area (Å²) in [7, 11) is 0. The zero-order valence-electron chi connectivity index (χ0n) is 8.60. The Morgan fingerprint density at radius 2 is 2.25 bits per heavy atom. The number of hydrogen-bond acceptors (Lipinski definition) is 4. The number of carbonyl (C=O) groups is 1. The van der Waals surface area contributed by atoms with E-state index < -0.39 is 22.4 Å². The van der Waals surface area contributed by atoms with Crippen LogP contribution in [0.1, 0.15) is 12.5 Å². The molecule has 0 saturated carbocycles. The maximum absolute atomic E-state index is 12.9. The van der Waals surface area contributed by atoms with E-state index in [1.807, 2.05) is 0 Å². The summed E-state index contributed by atoms with van der Waals surface area (Å²) >= 11 is 0. The van der Waals surface area contributed by atoms with E-state index in [0.717, 1.165) is 12.1 Å². The van der Waals surface area contributed by atoms with Gasteiger partial charge >= 0.3 is 11.7 Å². The average molecular weight is 227 g/mol. The van der Waals surface area contributed by atoms with Gasteiger partial charge in [-0.3, -0.25) is 14.9 Å². The highest BCUT2D eigenvalue weighted by atomic mass is 19.1. The van der Waals surface area contributed by atoms with Gasteiger partial charge in [-0.2, -0.15) is 4.39 Å². The van der Waals surface area contributed by atoms with Crippen molar-refractivity contribution < 1.29 is 18.8 Å². The molecule has 5 nitrogen and oxygen atoms in total. The van der Waals surface area contributed by atoms with Crippen LogP contribution < -0.4 is 0 Å². The molecule has 0 spiro atoms. The summed E-state index contributed by atoms with van der Waals surface area (Å²) in [5.41, 5.74) is -0.0188. The molecule has 16 heavy (non-hydrogen) atoms. The van der Waals surface area contributed by atoms with Crippen molar-refractivity contribution in [1.82, 2.24) is 0 Å². The molecule has 86 valence electrons. The maximum atomic E-state index is 12.9. The van der Waals surface area contributed by atoms with Crippen LogP contribution in [0.25, 0.3) is 0 Å². The molecule has 0 aliphatic carbocycles. The van der Waals surface area contributed by atoms with Gasteiger partial charge in [-0.1, -0.05) is 6.07 Å². The van der Waals surface area contributed by atoms with Crippen LogP contribution >= 0.6 is 0 Å². The lowest BCUT2D eigenvalue weighted by Gasteiger charge is -2.02. The Hall–Kier alpha value is -1.98. The van der Waals surface area contributed by atoms with Crippen molar-refractivity contribution in [2.24, 2.45) is 0 Å². The average Bonchev–Trinajstić information content (AvgIpc) is 2.19. The standard InChI is InChI=1S/C10H10FNO4/c1-7(13)16-5-4-8-2-3-9(11)10(6-8)12(14)15/h2-3,6H,4-5H2,1H3. The zero-order valence-corrected chi connectivity index (χ0v) is 8.60. The first-order valence-corrected chi connectivity index (χ1v) is 4.57. The van der Waals surface area contributed by atoms with E-state index in [1.54, 1.807) is 0 Å². The third kappa shape index (κ3) is 3.30. The normalized spacial score (nSPS) is 9.88. The van der Waals surface area contributed by atoms with Crippen molar-refractivity contribution >= 4 is 11.7 Å². The smallest absolute Gasteiger partial charge is 0.305 e. The molecule has 0 aliphatic rings. The fourth-order valence-corrected chi connectivity index (χ4v) is 1.17. The second-order valence-electron chi connectivity index (χ2n) is 3.13. The molecule has 0 heterocycles. The molecule has 0 radical (unpaired) electrons. The topological polar surface area (TPSA) is 69.4 Å².